The largest absolute Gasteiger partial charge is 0.481 e. The minimum atomic E-state index is -0.857. The number of anilines is 2. The summed E-state index contributed by atoms with van der Waals surface area (Å²) in [7, 11) is 0. The lowest BCUT2D eigenvalue weighted by Gasteiger charge is -2.35. The number of halogens is 1. The van der Waals surface area contributed by atoms with Crippen molar-refractivity contribution < 1.29 is 14.3 Å². The first-order valence-electron chi connectivity index (χ1n) is 11.5. The van der Waals surface area contributed by atoms with Crippen LogP contribution in [-0.2, 0) is 24.2 Å². The molecule has 1 aromatic heterocycles. The summed E-state index contributed by atoms with van der Waals surface area (Å²) in [5, 5.41) is 13.4. The number of nitrogens with zero attached hydrogens (tertiary/aromatic N) is 2. The van der Waals surface area contributed by atoms with Crippen molar-refractivity contribution in [3.8, 4) is 22.4 Å². The van der Waals surface area contributed by atoms with E-state index in [1.54, 1.807) is 18.0 Å². The highest BCUT2D eigenvalue weighted by Crippen LogP contribution is 2.50. The second kappa shape index (κ2) is 8.62. The fourth-order valence-electron chi connectivity index (χ4n) is 5.59. The molecular weight excluding hydrogens is 449 g/mol. The zero-order valence-corrected chi connectivity index (χ0v) is 20.7. The van der Waals surface area contributed by atoms with Crippen LogP contribution in [0.5, 0.6) is 0 Å². The van der Waals surface area contributed by atoms with Gasteiger partial charge in [-0.1, -0.05) is 24.1 Å². The number of hydrogen-bond acceptors (Lipinski definition) is 5. The maximum atomic E-state index is 14.1. The first-order chi connectivity index (χ1) is 16.3. The van der Waals surface area contributed by atoms with Gasteiger partial charge in [0.05, 0.1) is 30.5 Å². The van der Waals surface area contributed by atoms with Gasteiger partial charge in [0.1, 0.15) is 5.82 Å². The van der Waals surface area contributed by atoms with E-state index in [4.69, 9.17) is 0 Å². The molecule has 3 aromatic rings. The highest BCUT2D eigenvalue weighted by Gasteiger charge is 2.32. The van der Waals surface area contributed by atoms with E-state index in [-0.39, 0.29) is 12.2 Å². The number of aromatic nitrogens is 1. The summed E-state index contributed by atoms with van der Waals surface area (Å²) in [5.41, 5.74) is 11.9. The molecule has 5 rings (SSSR count). The number of carboxylic acid groups (broad SMARTS) is 1. The molecule has 2 aromatic carbocycles. The fraction of sp³-hybridized carbons (Fsp3) is 0.333. The zero-order chi connectivity index (χ0) is 24.1. The summed E-state index contributed by atoms with van der Waals surface area (Å²) in [6.45, 7) is 7.62. The summed E-state index contributed by atoms with van der Waals surface area (Å²) < 4.78 is 16.2. The Labute approximate surface area is 203 Å². The van der Waals surface area contributed by atoms with Gasteiger partial charge in [-0.15, -0.1) is 0 Å². The van der Waals surface area contributed by atoms with Crippen molar-refractivity contribution in [2.24, 2.45) is 0 Å². The Morgan fingerprint density at radius 2 is 1.97 bits per heavy atom. The molecular formula is C27H28FN3O2S. The topological polar surface area (TPSA) is 65.5 Å². The van der Waals surface area contributed by atoms with E-state index >= 15 is 0 Å². The van der Waals surface area contributed by atoms with Crippen molar-refractivity contribution in [1.82, 2.24) is 4.98 Å². The summed E-state index contributed by atoms with van der Waals surface area (Å²) in [6, 6.07) is 5.86. The second-order valence-corrected chi connectivity index (χ2v) is 9.89. The Bertz CT molecular complexity index is 1340. The third kappa shape index (κ3) is 3.54. The number of pyridine rings is 1. The van der Waals surface area contributed by atoms with Crippen LogP contribution in [0.15, 0.2) is 24.4 Å². The van der Waals surface area contributed by atoms with Crippen LogP contribution in [0.3, 0.4) is 0 Å². The van der Waals surface area contributed by atoms with Crippen LogP contribution in [-0.4, -0.2) is 28.9 Å². The third-order valence-electron chi connectivity index (χ3n) is 7.12. The molecule has 7 heteroatoms. The van der Waals surface area contributed by atoms with E-state index in [0.717, 1.165) is 81.0 Å². The molecule has 34 heavy (non-hydrogen) atoms. The number of hydrogen-bond donors (Lipinski definition) is 2. The van der Waals surface area contributed by atoms with Crippen molar-refractivity contribution >= 4 is 29.3 Å². The minimum absolute atomic E-state index is 0.0643. The normalized spacial score (nSPS) is 14.2. The van der Waals surface area contributed by atoms with Crippen molar-refractivity contribution in [3.63, 3.8) is 0 Å². The van der Waals surface area contributed by atoms with E-state index < -0.39 is 5.97 Å². The number of carbonyl (C=O) groups is 1. The fourth-order valence-corrected chi connectivity index (χ4v) is 6.27. The highest BCUT2D eigenvalue weighted by atomic mass is 32.2. The Kier molecular flexibility index (Phi) is 5.76. The molecule has 5 nitrogen and oxygen atoms in total. The van der Waals surface area contributed by atoms with Crippen molar-refractivity contribution in [2.45, 2.75) is 46.6 Å². The van der Waals surface area contributed by atoms with Crippen LogP contribution in [0.4, 0.5) is 15.8 Å². The van der Waals surface area contributed by atoms with Gasteiger partial charge in [-0.2, -0.15) is 0 Å². The molecule has 0 aliphatic carbocycles. The Morgan fingerprint density at radius 1 is 1.18 bits per heavy atom. The number of carboxylic acids is 1. The SMILES string of the molecule is CSN1Cc2cc(F)cnc2-c2c(C)c(-c3ccc4c(c3C)NCCC4)c(CC(=O)O)c(C)c21. The number of rotatable bonds is 4. The van der Waals surface area contributed by atoms with Crippen LogP contribution >= 0.6 is 11.9 Å². The van der Waals surface area contributed by atoms with E-state index in [1.807, 2.05) is 20.1 Å². The molecule has 0 bridgehead atoms. The van der Waals surface area contributed by atoms with Crippen LogP contribution in [0.2, 0.25) is 0 Å². The van der Waals surface area contributed by atoms with Crippen molar-refractivity contribution in [3.05, 3.63) is 63.6 Å². The van der Waals surface area contributed by atoms with Crippen LogP contribution in [0.1, 0.15) is 39.8 Å². The lowest BCUT2D eigenvalue weighted by Crippen LogP contribution is -2.23. The molecule has 0 amide bonds. The number of nitrogens with one attached hydrogen (secondary N) is 1. The van der Waals surface area contributed by atoms with E-state index in [1.165, 1.54) is 11.8 Å². The number of aliphatic carboxylic acids is 1. The molecule has 0 radical (unpaired) electrons. The Hall–Kier alpha value is -3.06. The van der Waals surface area contributed by atoms with Gasteiger partial charge in [0.25, 0.3) is 0 Å². The summed E-state index contributed by atoms with van der Waals surface area (Å²) in [6.07, 6.45) is 5.34. The average molecular weight is 478 g/mol. The quantitative estimate of drug-likeness (QED) is 0.445. The smallest absolute Gasteiger partial charge is 0.307 e. The standard InChI is InChI=1S/C27H28FN3O2S/c1-14-20(8-7-17-6-5-9-29-25(14)17)23-16(3)24-26-18(10-19(28)12-30-26)13-31(34-4)27(24)15(2)21(23)11-22(32)33/h7-8,10,12,29H,5-6,9,11,13H2,1-4H3,(H,32,33). The van der Waals surface area contributed by atoms with Gasteiger partial charge in [-0.3, -0.25) is 9.78 Å². The van der Waals surface area contributed by atoms with Gasteiger partial charge in [0, 0.05) is 29.6 Å². The second-order valence-electron chi connectivity index (χ2n) is 9.08. The minimum Gasteiger partial charge on any atom is -0.481 e. The van der Waals surface area contributed by atoms with Gasteiger partial charge in [0.2, 0.25) is 0 Å². The van der Waals surface area contributed by atoms with Crippen LogP contribution in [0, 0.1) is 26.6 Å². The number of benzene rings is 2. The van der Waals surface area contributed by atoms with Gasteiger partial charge >= 0.3 is 5.97 Å². The average Bonchev–Trinajstić information content (AvgIpc) is 2.82. The third-order valence-corrected chi connectivity index (χ3v) is 7.88. The van der Waals surface area contributed by atoms with E-state index in [2.05, 4.69) is 33.7 Å². The molecule has 3 heterocycles. The van der Waals surface area contributed by atoms with E-state index in [0.29, 0.717) is 6.54 Å². The predicted molar refractivity (Wildman–Crippen MR) is 137 cm³/mol. The molecule has 0 saturated carbocycles. The summed E-state index contributed by atoms with van der Waals surface area (Å²) in [5.74, 6) is -1.21. The lowest BCUT2D eigenvalue weighted by molar-refractivity contribution is -0.136. The molecule has 176 valence electrons. The van der Waals surface area contributed by atoms with Gasteiger partial charge < -0.3 is 14.7 Å². The Balaban J connectivity index is 1.87. The van der Waals surface area contributed by atoms with Gasteiger partial charge in [-0.25, -0.2) is 4.39 Å². The number of fused-ring (bicyclic) bond motifs is 4. The summed E-state index contributed by atoms with van der Waals surface area (Å²) in [4.78, 5) is 16.5. The first-order valence-corrected chi connectivity index (χ1v) is 12.7. The van der Waals surface area contributed by atoms with Gasteiger partial charge in [0.15, 0.2) is 0 Å². The first kappa shape index (κ1) is 22.7. The summed E-state index contributed by atoms with van der Waals surface area (Å²) >= 11 is 1.56. The molecule has 2 aliphatic heterocycles. The molecule has 0 unspecified atom stereocenters. The molecule has 2 aliphatic rings. The monoisotopic (exact) mass is 477 g/mol. The zero-order valence-electron chi connectivity index (χ0n) is 19.9. The van der Waals surface area contributed by atoms with Crippen molar-refractivity contribution in [1.29, 1.82) is 0 Å². The predicted octanol–water partition coefficient (Wildman–Crippen LogP) is 6.06. The maximum absolute atomic E-state index is 14.1. The molecule has 0 fully saturated rings. The molecule has 0 saturated heterocycles. The maximum Gasteiger partial charge on any atom is 0.307 e. The lowest BCUT2D eigenvalue weighted by atomic mass is 9.80. The van der Waals surface area contributed by atoms with Gasteiger partial charge in [-0.05, 0) is 78.6 Å². The number of aryl methyl sites for hydroxylation is 1. The van der Waals surface area contributed by atoms with E-state index in [9.17, 15) is 14.3 Å². The highest BCUT2D eigenvalue weighted by molar-refractivity contribution is 7.99. The molecule has 0 spiro atoms. The van der Waals surface area contributed by atoms with Crippen molar-refractivity contribution in [2.75, 3.05) is 22.4 Å². The van der Waals surface area contributed by atoms with Crippen LogP contribution < -0.4 is 9.62 Å². The van der Waals surface area contributed by atoms with Crippen LogP contribution in [0.25, 0.3) is 22.4 Å². The molecule has 0 atom stereocenters. The molecule has 2 N–H and O–H groups in total. The Morgan fingerprint density at radius 3 is 2.71 bits per heavy atom.